The highest BCUT2D eigenvalue weighted by Gasteiger charge is 2.19. The van der Waals surface area contributed by atoms with Gasteiger partial charge in [0, 0.05) is 51.4 Å². The Labute approximate surface area is 194 Å². The molecule has 1 atom stereocenters. The van der Waals surface area contributed by atoms with Gasteiger partial charge in [0.05, 0.1) is 12.4 Å². The third-order valence-electron chi connectivity index (χ3n) is 5.53. The number of nitrogens with one attached hydrogen (secondary N) is 3. The van der Waals surface area contributed by atoms with E-state index < -0.39 is 0 Å². The smallest absolute Gasteiger partial charge is 0.256 e. The molecule has 1 unspecified atom stereocenters. The van der Waals surface area contributed by atoms with Crippen LogP contribution in [0.3, 0.4) is 0 Å². The topological polar surface area (TPSA) is 106 Å². The van der Waals surface area contributed by atoms with E-state index in [1.165, 1.54) is 5.56 Å². The van der Waals surface area contributed by atoms with Crippen LogP contribution in [0.15, 0.2) is 55.2 Å². The van der Waals surface area contributed by atoms with E-state index in [9.17, 15) is 4.79 Å². The number of rotatable bonds is 12. The Hall–Kier alpha value is -3.46. The SMILES string of the molecule is O=C(NCC1CCCO1)c1cnc(NCCCn2ccnc2)nc1NCCc1ccccc1. The third-order valence-corrected chi connectivity index (χ3v) is 5.53. The van der Waals surface area contributed by atoms with Gasteiger partial charge in [-0.25, -0.2) is 9.97 Å². The van der Waals surface area contributed by atoms with E-state index in [-0.39, 0.29) is 12.0 Å². The molecular formula is C24H31N7O2. The molecule has 1 amide bonds. The molecule has 9 nitrogen and oxygen atoms in total. The largest absolute Gasteiger partial charge is 0.376 e. The fourth-order valence-corrected chi connectivity index (χ4v) is 3.73. The summed E-state index contributed by atoms with van der Waals surface area (Å²) in [4.78, 5) is 25.9. The van der Waals surface area contributed by atoms with Gasteiger partial charge in [-0.2, -0.15) is 4.98 Å². The number of hydrogen-bond donors (Lipinski definition) is 3. The van der Waals surface area contributed by atoms with Gasteiger partial charge < -0.3 is 25.3 Å². The van der Waals surface area contributed by atoms with Gasteiger partial charge in [-0.05, 0) is 31.2 Å². The van der Waals surface area contributed by atoms with Crippen molar-refractivity contribution in [3.63, 3.8) is 0 Å². The summed E-state index contributed by atoms with van der Waals surface area (Å²) in [7, 11) is 0. The average molecular weight is 450 g/mol. The Morgan fingerprint density at radius 3 is 2.88 bits per heavy atom. The van der Waals surface area contributed by atoms with Crippen LogP contribution >= 0.6 is 0 Å². The molecule has 0 spiro atoms. The van der Waals surface area contributed by atoms with Crippen LogP contribution in [0, 0.1) is 0 Å². The van der Waals surface area contributed by atoms with Crippen molar-refractivity contribution in [3.05, 3.63) is 66.4 Å². The van der Waals surface area contributed by atoms with Crippen molar-refractivity contribution in [3.8, 4) is 0 Å². The summed E-state index contributed by atoms with van der Waals surface area (Å²) in [6.07, 6.45) is 10.9. The zero-order valence-corrected chi connectivity index (χ0v) is 18.7. The normalized spacial score (nSPS) is 15.3. The lowest BCUT2D eigenvalue weighted by atomic mass is 10.1. The third kappa shape index (κ3) is 7.01. The standard InChI is InChI=1S/C24H31N7O2/c32-23(28-16-20-8-4-15-33-20)21-17-29-24(27-10-5-13-31-14-12-25-18-31)30-22(21)26-11-9-19-6-2-1-3-7-19/h1-3,6-7,12,14,17-18,20H,4-5,8-11,13,15-16H2,(H,28,32)(H2,26,27,29,30). The zero-order chi connectivity index (χ0) is 22.7. The molecule has 0 saturated carbocycles. The minimum atomic E-state index is -0.195. The van der Waals surface area contributed by atoms with E-state index in [0.717, 1.165) is 38.8 Å². The lowest BCUT2D eigenvalue weighted by Gasteiger charge is -2.15. The van der Waals surface area contributed by atoms with Crippen molar-refractivity contribution in [2.75, 3.05) is 36.9 Å². The molecule has 0 aliphatic carbocycles. The number of anilines is 2. The van der Waals surface area contributed by atoms with E-state index >= 15 is 0 Å². The van der Waals surface area contributed by atoms with E-state index in [0.29, 0.717) is 37.0 Å². The second-order valence-electron chi connectivity index (χ2n) is 8.04. The summed E-state index contributed by atoms with van der Waals surface area (Å²) in [5.41, 5.74) is 1.66. The molecule has 1 fully saturated rings. The molecule has 2 aromatic heterocycles. The van der Waals surface area contributed by atoms with Gasteiger partial charge in [-0.3, -0.25) is 4.79 Å². The Balaban J connectivity index is 1.36. The Kier molecular flexibility index (Phi) is 8.24. The molecule has 3 heterocycles. The fraction of sp³-hybridized carbons (Fsp3) is 0.417. The van der Waals surface area contributed by atoms with Crippen molar-refractivity contribution in [1.82, 2.24) is 24.8 Å². The van der Waals surface area contributed by atoms with Gasteiger partial charge in [0.2, 0.25) is 5.95 Å². The molecule has 1 aliphatic heterocycles. The predicted molar refractivity (Wildman–Crippen MR) is 127 cm³/mol. The molecule has 1 aliphatic rings. The van der Waals surface area contributed by atoms with Crippen LogP contribution in [0.2, 0.25) is 0 Å². The number of imidazole rings is 1. The quantitative estimate of drug-likeness (QED) is 0.365. The van der Waals surface area contributed by atoms with Crippen molar-refractivity contribution >= 4 is 17.7 Å². The van der Waals surface area contributed by atoms with Crippen molar-refractivity contribution in [2.45, 2.75) is 38.3 Å². The second-order valence-corrected chi connectivity index (χ2v) is 8.04. The number of amides is 1. The molecule has 0 bridgehead atoms. The Morgan fingerprint density at radius 2 is 2.09 bits per heavy atom. The number of ether oxygens (including phenoxy) is 1. The maximum Gasteiger partial charge on any atom is 0.256 e. The van der Waals surface area contributed by atoms with E-state index in [1.807, 2.05) is 29.0 Å². The predicted octanol–water partition coefficient (Wildman–Crippen LogP) is 2.74. The van der Waals surface area contributed by atoms with Crippen molar-refractivity contribution in [1.29, 1.82) is 0 Å². The highest BCUT2D eigenvalue weighted by molar-refractivity contribution is 5.98. The van der Waals surface area contributed by atoms with Gasteiger partial charge in [-0.15, -0.1) is 0 Å². The molecule has 3 N–H and O–H groups in total. The molecule has 4 rings (SSSR count). The fourth-order valence-electron chi connectivity index (χ4n) is 3.73. The molecule has 174 valence electrons. The Bertz CT molecular complexity index is 989. The highest BCUT2D eigenvalue weighted by Crippen LogP contribution is 2.16. The second kappa shape index (κ2) is 12.0. The first kappa shape index (κ1) is 22.7. The van der Waals surface area contributed by atoms with Crippen LogP contribution < -0.4 is 16.0 Å². The first-order valence-corrected chi connectivity index (χ1v) is 11.5. The minimum Gasteiger partial charge on any atom is -0.376 e. The van der Waals surface area contributed by atoms with E-state index in [2.05, 4.69) is 43.0 Å². The molecule has 3 aromatic rings. The molecule has 1 saturated heterocycles. The number of nitrogens with zero attached hydrogens (tertiary/aromatic N) is 4. The summed E-state index contributed by atoms with van der Waals surface area (Å²) in [5, 5.41) is 9.54. The number of carbonyl (C=O) groups is 1. The lowest BCUT2D eigenvalue weighted by Crippen LogP contribution is -2.32. The summed E-state index contributed by atoms with van der Waals surface area (Å²) < 4.78 is 7.64. The first-order chi connectivity index (χ1) is 16.3. The van der Waals surface area contributed by atoms with Gasteiger partial charge in [0.1, 0.15) is 11.4 Å². The highest BCUT2D eigenvalue weighted by atomic mass is 16.5. The van der Waals surface area contributed by atoms with E-state index in [4.69, 9.17) is 4.74 Å². The van der Waals surface area contributed by atoms with Gasteiger partial charge in [0.15, 0.2) is 0 Å². The van der Waals surface area contributed by atoms with Crippen LogP contribution in [-0.2, 0) is 17.7 Å². The Morgan fingerprint density at radius 1 is 1.18 bits per heavy atom. The van der Waals surface area contributed by atoms with Crippen molar-refractivity contribution < 1.29 is 9.53 Å². The zero-order valence-electron chi connectivity index (χ0n) is 18.7. The number of hydrogen-bond acceptors (Lipinski definition) is 7. The number of aryl methyl sites for hydroxylation is 1. The van der Waals surface area contributed by atoms with Crippen LogP contribution in [0.4, 0.5) is 11.8 Å². The van der Waals surface area contributed by atoms with Crippen LogP contribution in [0.25, 0.3) is 0 Å². The summed E-state index contributed by atoms with van der Waals surface area (Å²) >= 11 is 0. The average Bonchev–Trinajstić information content (AvgIpc) is 3.56. The summed E-state index contributed by atoms with van der Waals surface area (Å²) in [6, 6.07) is 10.2. The maximum absolute atomic E-state index is 12.8. The number of aromatic nitrogens is 4. The maximum atomic E-state index is 12.8. The number of carbonyl (C=O) groups excluding carboxylic acids is 1. The monoisotopic (exact) mass is 449 g/mol. The van der Waals surface area contributed by atoms with Gasteiger partial charge in [-0.1, -0.05) is 30.3 Å². The van der Waals surface area contributed by atoms with Gasteiger partial charge in [0.25, 0.3) is 5.91 Å². The van der Waals surface area contributed by atoms with Crippen LogP contribution in [0.5, 0.6) is 0 Å². The first-order valence-electron chi connectivity index (χ1n) is 11.5. The molecule has 1 aromatic carbocycles. The lowest BCUT2D eigenvalue weighted by molar-refractivity contribution is 0.0858. The molecule has 33 heavy (non-hydrogen) atoms. The van der Waals surface area contributed by atoms with E-state index in [1.54, 1.807) is 18.7 Å². The molecule has 0 radical (unpaired) electrons. The molecule has 9 heteroatoms. The minimum absolute atomic E-state index is 0.0841. The van der Waals surface area contributed by atoms with Crippen molar-refractivity contribution in [2.24, 2.45) is 0 Å². The summed E-state index contributed by atoms with van der Waals surface area (Å²) in [5.74, 6) is 0.834. The van der Waals surface area contributed by atoms with Gasteiger partial charge >= 0.3 is 0 Å². The van der Waals surface area contributed by atoms with Crippen LogP contribution in [0.1, 0.15) is 35.2 Å². The van der Waals surface area contributed by atoms with Crippen LogP contribution in [-0.4, -0.2) is 57.8 Å². The molecular weight excluding hydrogens is 418 g/mol. The summed E-state index contributed by atoms with van der Waals surface area (Å²) in [6.45, 7) is 3.49. The number of benzene rings is 1.